The molecule has 94 valence electrons. The molecule has 4 heteroatoms. The minimum Gasteiger partial charge on any atom is -0.493 e. The summed E-state index contributed by atoms with van der Waals surface area (Å²) in [7, 11) is 0. The summed E-state index contributed by atoms with van der Waals surface area (Å²) in [6.45, 7) is 0.636. The molecule has 0 radical (unpaired) electrons. The molecule has 0 heterocycles. The Morgan fingerprint density at radius 3 is 2.65 bits per heavy atom. The lowest BCUT2D eigenvalue weighted by Gasteiger charge is -2.26. The standard InChI is InChI=1S/C13H16BrFOS/c14-11-4-3-10(7-12(11)15)16-8-13(9-17)5-1-2-6-13/h3-4,7,17H,1-2,5-6,8-9H2. The molecule has 1 aromatic carbocycles. The molecule has 1 fully saturated rings. The van der Waals surface area contributed by atoms with Crippen LogP contribution in [0.15, 0.2) is 22.7 Å². The van der Waals surface area contributed by atoms with Crippen LogP contribution < -0.4 is 4.74 Å². The van der Waals surface area contributed by atoms with Gasteiger partial charge in [-0.1, -0.05) is 12.8 Å². The van der Waals surface area contributed by atoms with E-state index in [0.717, 1.165) is 18.6 Å². The summed E-state index contributed by atoms with van der Waals surface area (Å²) in [4.78, 5) is 0. The molecular weight excluding hydrogens is 303 g/mol. The average Bonchev–Trinajstić information content (AvgIpc) is 2.80. The second-order valence-electron chi connectivity index (χ2n) is 4.73. The van der Waals surface area contributed by atoms with Crippen LogP contribution in [-0.4, -0.2) is 12.4 Å². The molecule has 0 unspecified atom stereocenters. The second kappa shape index (κ2) is 5.61. The van der Waals surface area contributed by atoms with Gasteiger partial charge in [0.15, 0.2) is 0 Å². The maximum atomic E-state index is 13.3. The Morgan fingerprint density at radius 2 is 2.06 bits per heavy atom. The van der Waals surface area contributed by atoms with Gasteiger partial charge in [0.2, 0.25) is 0 Å². The minimum atomic E-state index is -0.283. The third-order valence-corrected chi connectivity index (χ3v) is 4.75. The number of rotatable bonds is 4. The molecule has 0 N–H and O–H groups in total. The molecule has 1 nitrogen and oxygen atoms in total. The van der Waals surface area contributed by atoms with Gasteiger partial charge in [0.1, 0.15) is 11.6 Å². The van der Waals surface area contributed by atoms with Crippen LogP contribution in [-0.2, 0) is 0 Å². The van der Waals surface area contributed by atoms with Crippen LogP contribution >= 0.6 is 28.6 Å². The lowest BCUT2D eigenvalue weighted by Crippen LogP contribution is -2.27. The van der Waals surface area contributed by atoms with E-state index in [1.807, 2.05) is 0 Å². The Balaban J connectivity index is 1.99. The Labute approximate surface area is 115 Å². The van der Waals surface area contributed by atoms with E-state index in [4.69, 9.17) is 4.74 Å². The van der Waals surface area contributed by atoms with Crippen LogP contribution in [0.3, 0.4) is 0 Å². The van der Waals surface area contributed by atoms with Gasteiger partial charge in [-0.05, 0) is 46.7 Å². The van der Waals surface area contributed by atoms with Crippen molar-refractivity contribution in [2.24, 2.45) is 5.41 Å². The summed E-state index contributed by atoms with van der Waals surface area (Å²) >= 11 is 7.55. The summed E-state index contributed by atoms with van der Waals surface area (Å²) in [6.07, 6.45) is 4.82. The SMILES string of the molecule is Fc1cc(OCC2(CS)CCCC2)ccc1Br. The Hall–Kier alpha value is -0.220. The van der Waals surface area contributed by atoms with E-state index >= 15 is 0 Å². The number of halogens is 2. The fourth-order valence-corrected chi connectivity index (χ4v) is 2.93. The largest absolute Gasteiger partial charge is 0.493 e. The molecule has 17 heavy (non-hydrogen) atoms. The maximum absolute atomic E-state index is 13.3. The molecule has 1 aromatic rings. The topological polar surface area (TPSA) is 9.23 Å². The highest BCUT2D eigenvalue weighted by Crippen LogP contribution is 2.39. The fraction of sp³-hybridized carbons (Fsp3) is 0.538. The van der Waals surface area contributed by atoms with Crippen molar-refractivity contribution in [1.82, 2.24) is 0 Å². The maximum Gasteiger partial charge on any atom is 0.141 e. The summed E-state index contributed by atoms with van der Waals surface area (Å²) in [5, 5.41) is 0. The summed E-state index contributed by atoms with van der Waals surface area (Å²) in [5.74, 6) is 1.15. The van der Waals surface area contributed by atoms with Gasteiger partial charge in [0, 0.05) is 11.5 Å². The first-order chi connectivity index (χ1) is 8.15. The number of thiol groups is 1. The predicted molar refractivity (Wildman–Crippen MR) is 74.3 cm³/mol. The van der Waals surface area contributed by atoms with Gasteiger partial charge in [-0.25, -0.2) is 4.39 Å². The predicted octanol–water partition coefficient (Wildman–Crippen LogP) is 4.46. The first-order valence-corrected chi connectivity index (χ1v) is 7.26. The van der Waals surface area contributed by atoms with E-state index in [-0.39, 0.29) is 11.2 Å². The van der Waals surface area contributed by atoms with Crippen LogP contribution in [0.25, 0.3) is 0 Å². The molecule has 0 aromatic heterocycles. The number of hydrogen-bond acceptors (Lipinski definition) is 2. The van der Waals surface area contributed by atoms with Crippen molar-refractivity contribution in [1.29, 1.82) is 0 Å². The first-order valence-electron chi connectivity index (χ1n) is 5.84. The van der Waals surface area contributed by atoms with Crippen LogP contribution in [0.5, 0.6) is 5.75 Å². The highest BCUT2D eigenvalue weighted by Gasteiger charge is 2.33. The van der Waals surface area contributed by atoms with Gasteiger partial charge < -0.3 is 4.74 Å². The third-order valence-electron chi connectivity index (χ3n) is 3.44. The molecule has 0 amide bonds. The van der Waals surface area contributed by atoms with Crippen molar-refractivity contribution in [3.63, 3.8) is 0 Å². The Bertz CT molecular complexity index is 391. The van der Waals surface area contributed by atoms with Gasteiger partial charge in [0.05, 0.1) is 11.1 Å². The molecule has 0 spiro atoms. The quantitative estimate of drug-likeness (QED) is 0.806. The van der Waals surface area contributed by atoms with Crippen molar-refractivity contribution in [3.8, 4) is 5.75 Å². The second-order valence-corrected chi connectivity index (χ2v) is 5.90. The van der Waals surface area contributed by atoms with Gasteiger partial charge in [-0.3, -0.25) is 0 Å². The average molecular weight is 319 g/mol. The van der Waals surface area contributed by atoms with Gasteiger partial charge in [-0.2, -0.15) is 12.6 Å². The normalized spacial score (nSPS) is 18.3. The zero-order chi connectivity index (χ0) is 12.3. The van der Waals surface area contributed by atoms with E-state index in [0.29, 0.717) is 16.8 Å². The van der Waals surface area contributed by atoms with Gasteiger partial charge >= 0.3 is 0 Å². The lowest BCUT2D eigenvalue weighted by atomic mass is 9.90. The number of benzene rings is 1. The molecule has 0 atom stereocenters. The van der Waals surface area contributed by atoms with Crippen molar-refractivity contribution >= 4 is 28.6 Å². The van der Waals surface area contributed by atoms with Crippen LogP contribution in [0.4, 0.5) is 4.39 Å². The summed E-state index contributed by atoms with van der Waals surface area (Å²) < 4.78 is 19.5. The van der Waals surface area contributed by atoms with Crippen molar-refractivity contribution in [2.45, 2.75) is 25.7 Å². The fourth-order valence-electron chi connectivity index (χ4n) is 2.28. The summed E-state index contributed by atoms with van der Waals surface area (Å²) in [6, 6.07) is 4.88. The van der Waals surface area contributed by atoms with Crippen molar-refractivity contribution in [3.05, 3.63) is 28.5 Å². The van der Waals surface area contributed by atoms with Crippen molar-refractivity contribution in [2.75, 3.05) is 12.4 Å². The van der Waals surface area contributed by atoms with Crippen molar-refractivity contribution < 1.29 is 9.13 Å². The monoisotopic (exact) mass is 318 g/mol. The molecule has 1 aliphatic rings. The molecule has 0 saturated heterocycles. The lowest BCUT2D eigenvalue weighted by molar-refractivity contribution is 0.172. The van der Waals surface area contributed by atoms with Gasteiger partial charge in [-0.15, -0.1) is 0 Å². The van der Waals surface area contributed by atoms with Crippen LogP contribution in [0.2, 0.25) is 0 Å². The first kappa shape index (κ1) is 13.2. The zero-order valence-corrected chi connectivity index (χ0v) is 12.1. The highest BCUT2D eigenvalue weighted by atomic mass is 79.9. The smallest absolute Gasteiger partial charge is 0.141 e. The van der Waals surface area contributed by atoms with E-state index in [1.165, 1.54) is 18.9 Å². The van der Waals surface area contributed by atoms with E-state index in [1.54, 1.807) is 12.1 Å². The summed E-state index contributed by atoms with van der Waals surface area (Å²) in [5.41, 5.74) is 0.187. The third kappa shape index (κ3) is 3.16. The molecule has 0 aliphatic heterocycles. The Morgan fingerprint density at radius 1 is 1.35 bits per heavy atom. The minimum absolute atomic E-state index is 0.187. The highest BCUT2D eigenvalue weighted by molar-refractivity contribution is 9.10. The van der Waals surface area contributed by atoms with Gasteiger partial charge in [0.25, 0.3) is 0 Å². The van der Waals surface area contributed by atoms with E-state index < -0.39 is 0 Å². The molecular formula is C13H16BrFOS. The number of hydrogen-bond donors (Lipinski definition) is 1. The van der Waals surface area contributed by atoms with Crippen LogP contribution in [0, 0.1) is 11.2 Å². The number of ether oxygens (including phenoxy) is 1. The molecule has 0 bridgehead atoms. The molecule has 1 saturated carbocycles. The molecule has 1 aliphatic carbocycles. The van der Waals surface area contributed by atoms with Crippen LogP contribution in [0.1, 0.15) is 25.7 Å². The zero-order valence-electron chi connectivity index (χ0n) is 9.59. The van der Waals surface area contributed by atoms with E-state index in [2.05, 4.69) is 28.6 Å². The molecule has 2 rings (SSSR count). The Kier molecular flexibility index (Phi) is 4.36. The van der Waals surface area contributed by atoms with E-state index in [9.17, 15) is 4.39 Å².